The monoisotopic (exact) mass is 542 g/mol. The molecule has 0 saturated heterocycles. The fourth-order valence-electron chi connectivity index (χ4n) is 4.00. The second-order valence-electron chi connectivity index (χ2n) is 8.06. The molecular formula is C29H34O10. The van der Waals surface area contributed by atoms with Crippen molar-refractivity contribution in [3.63, 3.8) is 0 Å². The van der Waals surface area contributed by atoms with Crippen molar-refractivity contribution in [2.45, 2.75) is 54.6 Å². The molecule has 0 radical (unpaired) electrons. The van der Waals surface area contributed by atoms with Gasteiger partial charge in [-0.25, -0.2) is 19.2 Å². The molecule has 0 aliphatic rings. The molecule has 10 nitrogen and oxygen atoms in total. The zero-order valence-electron chi connectivity index (χ0n) is 23.1. The van der Waals surface area contributed by atoms with Crippen molar-refractivity contribution in [1.29, 1.82) is 0 Å². The first kappa shape index (κ1) is 31.0. The fraction of sp³-hybridized carbons (Fsp3) is 0.414. The van der Waals surface area contributed by atoms with Crippen LogP contribution in [0, 0.1) is 6.92 Å². The van der Waals surface area contributed by atoms with Crippen LogP contribution in [0.15, 0.2) is 24.3 Å². The molecule has 0 N–H and O–H groups in total. The number of rotatable bonds is 12. The van der Waals surface area contributed by atoms with E-state index in [9.17, 15) is 24.0 Å². The minimum Gasteiger partial charge on any atom is -0.462 e. The molecule has 0 aromatic heterocycles. The van der Waals surface area contributed by atoms with E-state index >= 15 is 0 Å². The number of hydrogen-bond acceptors (Lipinski definition) is 10. The lowest BCUT2D eigenvalue weighted by molar-refractivity contribution is -0.144. The normalized spacial score (nSPS) is 10.4. The van der Waals surface area contributed by atoms with Crippen LogP contribution in [0.25, 0.3) is 11.1 Å². The van der Waals surface area contributed by atoms with Crippen LogP contribution in [0.5, 0.6) is 0 Å². The Morgan fingerprint density at radius 1 is 0.590 bits per heavy atom. The third-order valence-corrected chi connectivity index (χ3v) is 5.60. The zero-order chi connectivity index (χ0) is 29.1. The first-order chi connectivity index (χ1) is 18.7. The third-order valence-electron chi connectivity index (χ3n) is 5.60. The highest BCUT2D eigenvalue weighted by atomic mass is 16.6. The maximum atomic E-state index is 13.6. The van der Waals surface area contributed by atoms with Gasteiger partial charge in [0.2, 0.25) is 0 Å². The SMILES string of the molecule is CCOC(=O)c1c(COC(=O)CC)c(-c2ccccc2C)c(C(=O)OCC)c(C(=O)OCC)c1C(=O)OCC. The minimum atomic E-state index is -1.06. The molecule has 2 aromatic carbocycles. The van der Waals surface area contributed by atoms with Gasteiger partial charge in [-0.3, -0.25) is 4.79 Å². The van der Waals surface area contributed by atoms with E-state index in [2.05, 4.69) is 0 Å². The molecule has 0 atom stereocenters. The van der Waals surface area contributed by atoms with Gasteiger partial charge in [-0.2, -0.15) is 0 Å². The van der Waals surface area contributed by atoms with Gasteiger partial charge in [0, 0.05) is 17.5 Å². The molecule has 2 rings (SSSR count). The Kier molecular flexibility index (Phi) is 11.7. The van der Waals surface area contributed by atoms with E-state index in [1.54, 1.807) is 65.8 Å². The number of carbonyl (C=O) groups is 5. The van der Waals surface area contributed by atoms with Crippen LogP contribution >= 0.6 is 0 Å². The Balaban J connectivity index is 3.32. The summed E-state index contributed by atoms with van der Waals surface area (Å²) < 4.78 is 26.5. The van der Waals surface area contributed by atoms with Crippen molar-refractivity contribution < 1.29 is 47.7 Å². The van der Waals surface area contributed by atoms with Gasteiger partial charge >= 0.3 is 29.8 Å². The summed E-state index contributed by atoms with van der Waals surface area (Å²) in [6.45, 7) is 8.79. The van der Waals surface area contributed by atoms with Gasteiger partial charge < -0.3 is 23.7 Å². The molecule has 2 aromatic rings. The van der Waals surface area contributed by atoms with Crippen LogP contribution in [-0.2, 0) is 35.1 Å². The Hall–Kier alpha value is -4.21. The Bertz CT molecular complexity index is 1250. The number of aryl methyl sites for hydroxylation is 1. The Morgan fingerprint density at radius 2 is 1.03 bits per heavy atom. The molecule has 0 saturated carbocycles. The average Bonchev–Trinajstić information content (AvgIpc) is 2.91. The Labute approximate surface area is 227 Å². The van der Waals surface area contributed by atoms with Crippen LogP contribution in [0.4, 0.5) is 0 Å². The van der Waals surface area contributed by atoms with Crippen molar-refractivity contribution in [2.24, 2.45) is 0 Å². The number of ether oxygens (including phenoxy) is 5. The molecule has 0 fully saturated rings. The first-order valence-electron chi connectivity index (χ1n) is 12.8. The second-order valence-corrected chi connectivity index (χ2v) is 8.06. The van der Waals surface area contributed by atoms with Gasteiger partial charge in [0.25, 0.3) is 0 Å². The van der Waals surface area contributed by atoms with Gasteiger partial charge in [-0.1, -0.05) is 31.2 Å². The van der Waals surface area contributed by atoms with Crippen molar-refractivity contribution in [3.05, 3.63) is 57.6 Å². The summed E-state index contributed by atoms with van der Waals surface area (Å²) in [5, 5.41) is 0. The van der Waals surface area contributed by atoms with Crippen LogP contribution < -0.4 is 0 Å². The predicted molar refractivity (Wildman–Crippen MR) is 141 cm³/mol. The second kappa shape index (κ2) is 14.7. The largest absolute Gasteiger partial charge is 0.462 e. The molecular weight excluding hydrogens is 508 g/mol. The summed E-state index contributed by atoms with van der Waals surface area (Å²) >= 11 is 0. The van der Waals surface area contributed by atoms with Crippen LogP contribution in [0.2, 0.25) is 0 Å². The number of hydrogen-bond donors (Lipinski definition) is 0. The lowest BCUT2D eigenvalue weighted by Crippen LogP contribution is -2.27. The van der Waals surface area contributed by atoms with E-state index in [4.69, 9.17) is 23.7 Å². The van der Waals surface area contributed by atoms with Gasteiger partial charge in [-0.05, 0) is 45.7 Å². The fourth-order valence-corrected chi connectivity index (χ4v) is 4.00. The number of benzene rings is 2. The summed E-state index contributed by atoms with van der Waals surface area (Å²) in [5.41, 5.74) is -0.540. The molecule has 0 unspecified atom stereocenters. The predicted octanol–water partition coefficient (Wildman–Crippen LogP) is 4.82. The molecule has 10 heteroatoms. The van der Waals surface area contributed by atoms with Crippen molar-refractivity contribution >= 4 is 29.8 Å². The van der Waals surface area contributed by atoms with Gasteiger partial charge in [0.05, 0.1) is 48.7 Å². The Morgan fingerprint density at radius 3 is 1.49 bits per heavy atom. The molecule has 0 heterocycles. The maximum Gasteiger partial charge on any atom is 0.339 e. The summed E-state index contributed by atoms with van der Waals surface area (Å²) in [6.07, 6.45) is 0.0326. The van der Waals surface area contributed by atoms with E-state index in [0.29, 0.717) is 11.1 Å². The quantitative estimate of drug-likeness (QED) is 0.272. The first-order valence-corrected chi connectivity index (χ1v) is 12.8. The highest BCUT2D eigenvalue weighted by Gasteiger charge is 2.39. The van der Waals surface area contributed by atoms with Gasteiger partial charge in [-0.15, -0.1) is 0 Å². The van der Waals surface area contributed by atoms with Crippen molar-refractivity contribution in [3.8, 4) is 11.1 Å². The van der Waals surface area contributed by atoms with Crippen molar-refractivity contribution in [2.75, 3.05) is 26.4 Å². The van der Waals surface area contributed by atoms with Crippen LogP contribution in [0.3, 0.4) is 0 Å². The number of esters is 5. The standard InChI is InChI=1S/C29H34O10/c1-7-20(30)39-16-19-21(18-15-13-12-14-17(18)6)23(27(32)36-9-3)25(29(34)38-11-5)24(28(33)37-10-4)22(19)26(31)35-8-2/h12-15H,7-11,16H2,1-6H3. The molecule has 210 valence electrons. The van der Waals surface area contributed by atoms with Crippen LogP contribution in [-0.4, -0.2) is 56.3 Å². The molecule has 0 aliphatic heterocycles. The van der Waals surface area contributed by atoms with E-state index in [1.807, 2.05) is 0 Å². The molecule has 0 amide bonds. The highest BCUT2D eigenvalue weighted by Crippen LogP contribution is 2.40. The number of carbonyl (C=O) groups excluding carboxylic acids is 5. The van der Waals surface area contributed by atoms with Crippen molar-refractivity contribution in [1.82, 2.24) is 0 Å². The summed E-state index contributed by atoms with van der Waals surface area (Å²) in [5.74, 6) is -4.61. The third kappa shape index (κ3) is 7.01. The molecule has 0 bridgehead atoms. The zero-order valence-corrected chi connectivity index (χ0v) is 23.1. The van der Waals surface area contributed by atoms with Gasteiger partial charge in [0.15, 0.2) is 0 Å². The van der Waals surface area contributed by atoms with E-state index in [0.717, 1.165) is 0 Å². The summed E-state index contributed by atoms with van der Waals surface area (Å²) in [6, 6.07) is 6.91. The summed E-state index contributed by atoms with van der Waals surface area (Å²) in [4.78, 5) is 66.1. The van der Waals surface area contributed by atoms with Crippen LogP contribution in [0.1, 0.15) is 93.6 Å². The minimum absolute atomic E-state index is 0.0105. The highest BCUT2D eigenvalue weighted by molar-refractivity contribution is 6.19. The van der Waals surface area contributed by atoms with Gasteiger partial charge in [0.1, 0.15) is 6.61 Å². The van der Waals surface area contributed by atoms with E-state index in [1.165, 1.54) is 0 Å². The molecule has 0 aliphatic carbocycles. The van der Waals surface area contributed by atoms with E-state index in [-0.39, 0.29) is 55.1 Å². The molecule has 39 heavy (non-hydrogen) atoms. The van der Waals surface area contributed by atoms with E-state index < -0.39 is 47.6 Å². The average molecular weight is 543 g/mol. The smallest absolute Gasteiger partial charge is 0.339 e. The topological polar surface area (TPSA) is 132 Å². The molecule has 0 spiro atoms. The summed E-state index contributed by atoms with van der Waals surface area (Å²) in [7, 11) is 0. The lowest BCUT2D eigenvalue weighted by Gasteiger charge is -2.24. The lowest BCUT2D eigenvalue weighted by atomic mass is 9.82. The maximum absolute atomic E-state index is 13.6.